The maximum Gasteiger partial charge on any atom is 0.329 e. The molecule has 0 unspecified atom stereocenters. The number of aromatic nitrogens is 5. The van der Waals surface area contributed by atoms with Crippen LogP contribution in [0.3, 0.4) is 0 Å². The molecule has 1 aromatic carbocycles. The van der Waals surface area contributed by atoms with Gasteiger partial charge in [0.2, 0.25) is 5.78 Å². The number of H-pyrrole nitrogens is 1. The van der Waals surface area contributed by atoms with Crippen molar-refractivity contribution in [3.05, 3.63) is 62.8 Å². The van der Waals surface area contributed by atoms with E-state index in [1.807, 2.05) is 6.92 Å². The van der Waals surface area contributed by atoms with Gasteiger partial charge in [0.15, 0.2) is 11.2 Å². The Kier molecular flexibility index (Phi) is 2.59. The van der Waals surface area contributed by atoms with Crippen LogP contribution in [-0.2, 0) is 7.05 Å². The summed E-state index contributed by atoms with van der Waals surface area (Å²) in [5, 5.41) is 0. The maximum atomic E-state index is 13.1. The Morgan fingerprint density at radius 3 is 2.57 bits per heavy atom. The number of aromatic amines is 1. The van der Waals surface area contributed by atoms with E-state index in [0.29, 0.717) is 16.9 Å². The smallest absolute Gasteiger partial charge is 0.283 e. The van der Waals surface area contributed by atoms with E-state index in [0.717, 1.165) is 11.4 Å². The van der Waals surface area contributed by atoms with Gasteiger partial charge in [0.25, 0.3) is 5.56 Å². The molecule has 0 amide bonds. The SMILES string of the molecule is Cc1cn2c3c(=O)[nH]c(=O)n(C)c3nc2n1-c1ccc(F)cc1. The summed E-state index contributed by atoms with van der Waals surface area (Å²) < 4.78 is 17.9. The average Bonchev–Trinajstić information content (AvgIpc) is 3.01. The van der Waals surface area contributed by atoms with Crippen molar-refractivity contribution in [1.82, 2.24) is 23.5 Å². The lowest BCUT2D eigenvalue weighted by Crippen LogP contribution is -2.28. The van der Waals surface area contributed by atoms with Crippen molar-refractivity contribution in [3.8, 4) is 5.69 Å². The number of rotatable bonds is 1. The number of halogens is 1. The van der Waals surface area contributed by atoms with Gasteiger partial charge in [-0.25, -0.2) is 9.18 Å². The van der Waals surface area contributed by atoms with Gasteiger partial charge in [0.1, 0.15) is 5.82 Å². The molecule has 0 aliphatic carbocycles. The van der Waals surface area contributed by atoms with Crippen molar-refractivity contribution in [3.63, 3.8) is 0 Å². The molecule has 0 spiro atoms. The molecule has 3 aromatic heterocycles. The van der Waals surface area contributed by atoms with E-state index in [1.165, 1.54) is 16.7 Å². The van der Waals surface area contributed by atoms with Gasteiger partial charge < -0.3 is 0 Å². The predicted octanol–water partition coefficient (Wildman–Crippen LogP) is 1.11. The zero-order valence-corrected chi connectivity index (χ0v) is 12.4. The van der Waals surface area contributed by atoms with E-state index in [9.17, 15) is 14.0 Å². The molecule has 8 heteroatoms. The first kappa shape index (κ1) is 13.5. The fraction of sp³-hybridized carbons (Fsp3) is 0.133. The first-order valence-corrected chi connectivity index (χ1v) is 6.93. The molecule has 0 saturated heterocycles. The molecule has 23 heavy (non-hydrogen) atoms. The van der Waals surface area contributed by atoms with Crippen LogP contribution in [0.2, 0.25) is 0 Å². The number of fused-ring (bicyclic) bond motifs is 3. The quantitative estimate of drug-likeness (QED) is 0.572. The highest BCUT2D eigenvalue weighted by Gasteiger charge is 2.18. The van der Waals surface area contributed by atoms with Crippen molar-refractivity contribution < 1.29 is 4.39 Å². The van der Waals surface area contributed by atoms with E-state index >= 15 is 0 Å². The normalized spacial score (nSPS) is 11.6. The number of benzene rings is 1. The summed E-state index contributed by atoms with van der Waals surface area (Å²) in [6.07, 6.45) is 1.76. The first-order chi connectivity index (χ1) is 11.0. The molecule has 0 atom stereocenters. The lowest BCUT2D eigenvalue weighted by molar-refractivity contribution is 0.627. The lowest BCUT2D eigenvalue weighted by atomic mass is 10.3. The van der Waals surface area contributed by atoms with Crippen LogP contribution in [0, 0.1) is 12.7 Å². The van der Waals surface area contributed by atoms with Crippen LogP contribution < -0.4 is 11.2 Å². The second-order valence-corrected chi connectivity index (χ2v) is 5.35. The largest absolute Gasteiger partial charge is 0.329 e. The van der Waals surface area contributed by atoms with Crippen LogP contribution in [0.1, 0.15) is 5.69 Å². The van der Waals surface area contributed by atoms with E-state index in [-0.39, 0.29) is 5.82 Å². The van der Waals surface area contributed by atoms with Crippen molar-refractivity contribution in [2.45, 2.75) is 6.92 Å². The van der Waals surface area contributed by atoms with Gasteiger partial charge in [-0.1, -0.05) is 0 Å². The molecule has 1 N–H and O–H groups in total. The number of aryl methyl sites for hydroxylation is 2. The fourth-order valence-corrected chi connectivity index (χ4v) is 2.78. The van der Waals surface area contributed by atoms with Crippen molar-refractivity contribution >= 4 is 16.9 Å². The summed E-state index contributed by atoms with van der Waals surface area (Å²) in [6.45, 7) is 1.86. The Balaban J connectivity index is 2.17. The molecule has 116 valence electrons. The summed E-state index contributed by atoms with van der Waals surface area (Å²) in [6, 6.07) is 5.98. The molecule has 7 nitrogen and oxygen atoms in total. The van der Waals surface area contributed by atoms with Gasteiger partial charge in [-0.3, -0.25) is 23.3 Å². The monoisotopic (exact) mass is 313 g/mol. The Bertz CT molecular complexity index is 1180. The molecule has 0 radical (unpaired) electrons. The molecule has 0 saturated carbocycles. The molecule has 0 aliphatic heterocycles. The zero-order valence-electron chi connectivity index (χ0n) is 12.4. The van der Waals surface area contributed by atoms with Crippen LogP contribution >= 0.6 is 0 Å². The number of hydrogen-bond donors (Lipinski definition) is 1. The molecular formula is C15H12FN5O2. The van der Waals surface area contributed by atoms with Gasteiger partial charge in [0, 0.05) is 24.6 Å². The van der Waals surface area contributed by atoms with Crippen LogP contribution in [0.15, 0.2) is 40.1 Å². The number of hydrogen-bond acceptors (Lipinski definition) is 3. The van der Waals surface area contributed by atoms with Crippen LogP contribution in [0.4, 0.5) is 4.39 Å². The third-order valence-electron chi connectivity index (χ3n) is 3.89. The van der Waals surface area contributed by atoms with Gasteiger partial charge in [-0.2, -0.15) is 4.98 Å². The molecule has 0 fully saturated rings. The minimum Gasteiger partial charge on any atom is -0.283 e. The number of imidazole rings is 2. The molecule has 3 heterocycles. The topological polar surface area (TPSA) is 77.1 Å². The lowest BCUT2D eigenvalue weighted by Gasteiger charge is -2.05. The summed E-state index contributed by atoms with van der Waals surface area (Å²) in [7, 11) is 1.54. The van der Waals surface area contributed by atoms with Gasteiger partial charge in [-0.05, 0) is 31.2 Å². The Morgan fingerprint density at radius 1 is 1.17 bits per heavy atom. The maximum absolute atomic E-state index is 13.1. The highest BCUT2D eigenvalue weighted by Crippen LogP contribution is 2.20. The molecule has 0 bridgehead atoms. The van der Waals surface area contributed by atoms with Crippen molar-refractivity contribution in [2.75, 3.05) is 0 Å². The second kappa shape index (κ2) is 4.42. The minimum atomic E-state index is -0.520. The first-order valence-electron chi connectivity index (χ1n) is 6.93. The molecular weight excluding hydrogens is 301 g/mol. The number of nitrogens with zero attached hydrogens (tertiary/aromatic N) is 4. The Labute approximate surface area is 128 Å². The summed E-state index contributed by atoms with van der Waals surface area (Å²) in [5.74, 6) is 0.151. The van der Waals surface area contributed by atoms with E-state index in [1.54, 1.807) is 34.3 Å². The van der Waals surface area contributed by atoms with Crippen LogP contribution in [-0.4, -0.2) is 23.5 Å². The van der Waals surface area contributed by atoms with Gasteiger partial charge in [-0.15, -0.1) is 0 Å². The average molecular weight is 313 g/mol. The van der Waals surface area contributed by atoms with Crippen LogP contribution in [0.5, 0.6) is 0 Å². The summed E-state index contributed by atoms with van der Waals surface area (Å²) in [5.41, 5.74) is 1.13. The highest BCUT2D eigenvalue weighted by molar-refractivity contribution is 5.76. The van der Waals surface area contributed by atoms with E-state index in [4.69, 9.17) is 0 Å². The molecule has 4 aromatic rings. The molecule has 0 aliphatic rings. The standard InChI is InChI=1S/C15H12FN5O2/c1-8-7-20-11-12(19(2)15(23)18-13(11)22)17-14(20)21(8)10-5-3-9(16)4-6-10/h3-7H,1-2H3,(H,18,22,23). The zero-order chi connectivity index (χ0) is 16.3. The third kappa shape index (κ3) is 1.78. The fourth-order valence-electron chi connectivity index (χ4n) is 2.78. The highest BCUT2D eigenvalue weighted by atomic mass is 19.1. The van der Waals surface area contributed by atoms with Crippen LogP contribution in [0.25, 0.3) is 22.6 Å². The van der Waals surface area contributed by atoms with Gasteiger partial charge in [0.05, 0.1) is 0 Å². The molecule has 4 rings (SSSR count). The van der Waals surface area contributed by atoms with Crippen molar-refractivity contribution in [2.24, 2.45) is 7.05 Å². The van der Waals surface area contributed by atoms with Gasteiger partial charge >= 0.3 is 5.69 Å². The summed E-state index contributed by atoms with van der Waals surface area (Å²) >= 11 is 0. The number of nitrogens with one attached hydrogen (secondary N) is 1. The van der Waals surface area contributed by atoms with E-state index < -0.39 is 11.2 Å². The third-order valence-corrected chi connectivity index (χ3v) is 3.89. The summed E-state index contributed by atoms with van der Waals surface area (Å²) in [4.78, 5) is 30.6. The minimum absolute atomic E-state index is 0.296. The van der Waals surface area contributed by atoms with Crippen molar-refractivity contribution in [1.29, 1.82) is 0 Å². The Hall–Kier alpha value is -3.16. The second-order valence-electron chi connectivity index (χ2n) is 5.35. The predicted molar refractivity (Wildman–Crippen MR) is 82.6 cm³/mol. The Morgan fingerprint density at radius 2 is 1.87 bits per heavy atom. The van der Waals surface area contributed by atoms with E-state index in [2.05, 4.69) is 9.97 Å².